The Kier molecular flexibility index (Phi) is 8.62. The lowest BCUT2D eigenvalue weighted by atomic mass is 9.99. The zero-order valence-corrected chi connectivity index (χ0v) is 11.8. The van der Waals surface area contributed by atoms with Crippen molar-refractivity contribution in [2.45, 2.75) is 83.7 Å². The van der Waals surface area contributed by atoms with Crippen molar-refractivity contribution >= 4 is 5.97 Å². The van der Waals surface area contributed by atoms with Crippen molar-refractivity contribution < 1.29 is 9.53 Å². The standard InChI is InChI=1S/C16H28O2/c1-2-12-16(17)18-15-13-10-8-6-4-3-5-7-9-11-14-15/h2,12,15H,3-11,13-14H2,1H3. The molecule has 1 fully saturated rings. The first-order valence-electron chi connectivity index (χ1n) is 7.66. The molecule has 0 saturated heterocycles. The summed E-state index contributed by atoms with van der Waals surface area (Å²) in [4.78, 5) is 11.5. The first kappa shape index (κ1) is 15.3. The Hall–Kier alpha value is -0.790. The smallest absolute Gasteiger partial charge is 0.330 e. The molecule has 18 heavy (non-hydrogen) atoms. The Morgan fingerprint density at radius 1 is 0.889 bits per heavy atom. The average molecular weight is 252 g/mol. The van der Waals surface area contributed by atoms with Crippen molar-refractivity contribution in [3.05, 3.63) is 12.2 Å². The first-order valence-corrected chi connectivity index (χ1v) is 7.66. The minimum absolute atomic E-state index is 0.146. The average Bonchev–Trinajstić information content (AvgIpc) is 2.33. The van der Waals surface area contributed by atoms with Crippen molar-refractivity contribution in [1.29, 1.82) is 0 Å². The van der Waals surface area contributed by atoms with E-state index in [4.69, 9.17) is 4.74 Å². The fourth-order valence-electron chi connectivity index (χ4n) is 2.58. The van der Waals surface area contributed by atoms with Crippen LogP contribution in [0.3, 0.4) is 0 Å². The first-order chi connectivity index (χ1) is 8.83. The Morgan fingerprint density at radius 3 is 1.78 bits per heavy atom. The number of allylic oxidation sites excluding steroid dienone is 1. The molecule has 0 bridgehead atoms. The molecule has 0 unspecified atom stereocenters. The minimum atomic E-state index is -0.172. The van der Waals surface area contributed by atoms with Gasteiger partial charge in [-0.15, -0.1) is 0 Å². The van der Waals surface area contributed by atoms with Crippen LogP contribution < -0.4 is 0 Å². The van der Waals surface area contributed by atoms with E-state index in [9.17, 15) is 4.79 Å². The van der Waals surface area contributed by atoms with Gasteiger partial charge in [0.2, 0.25) is 0 Å². The molecular formula is C16H28O2. The molecule has 0 radical (unpaired) electrons. The summed E-state index contributed by atoms with van der Waals surface area (Å²) < 4.78 is 5.51. The van der Waals surface area contributed by atoms with E-state index < -0.39 is 0 Å². The highest BCUT2D eigenvalue weighted by molar-refractivity contribution is 5.81. The second-order valence-electron chi connectivity index (χ2n) is 5.32. The van der Waals surface area contributed by atoms with Gasteiger partial charge in [0.25, 0.3) is 0 Å². The van der Waals surface area contributed by atoms with E-state index in [2.05, 4.69) is 0 Å². The molecule has 0 atom stereocenters. The zero-order chi connectivity index (χ0) is 13.1. The highest BCUT2D eigenvalue weighted by Crippen LogP contribution is 2.18. The van der Waals surface area contributed by atoms with E-state index in [-0.39, 0.29) is 12.1 Å². The molecule has 1 aliphatic carbocycles. The summed E-state index contributed by atoms with van der Waals surface area (Å²) in [5.74, 6) is -0.172. The predicted octanol–water partition coefficient (Wildman–Crippen LogP) is 4.78. The van der Waals surface area contributed by atoms with Crippen LogP contribution in [0.15, 0.2) is 12.2 Å². The Labute approximate surface area is 112 Å². The lowest BCUT2D eigenvalue weighted by Gasteiger charge is -2.17. The quantitative estimate of drug-likeness (QED) is 0.522. The maximum atomic E-state index is 11.5. The van der Waals surface area contributed by atoms with Crippen molar-refractivity contribution in [3.63, 3.8) is 0 Å². The van der Waals surface area contributed by atoms with Crippen LogP contribution in [0.5, 0.6) is 0 Å². The summed E-state index contributed by atoms with van der Waals surface area (Å²) in [6.45, 7) is 1.85. The van der Waals surface area contributed by atoms with Gasteiger partial charge in [-0.2, -0.15) is 0 Å². The molecule has 1 aliphatic rings. The Morgan fingerprint density at radius 2 is 1.33 bits per heavy atom. The van der Waals surface area contributed by atoms with Crippen molar-refractivity contribution in [3.8, 4) is 0 Å². The summed E-state index contributed by atoms with van der Waals surface area (Å²) >= 11 is 0. The fourth-order valence-corrected chi connectivity index (χ4v) is 2.58. The van der Waals surface area contributed by atoms with Gasteiger partial charge in [0.1, 0.15) is 6.10 Å². The summed E-state index contributed by atoms with van der Waals surface area (Å²) in [6, 6.07) is 0. The third-order valence-electron chi connectivity index (χ3n) is 3.64. The third kappa shape index (κ3) is 7.52. The van der Waals surface area contributed by atoms with Gasteiger partial charge in [-0.25, -0.2) is 4.79 Å². The van der Waals surface area contributed by atoms with Crippen molar-refractivity contribution in [2.24, 2.45) is 0 Å². The van der Waals surface area contributed by atoms with E-state index in [1.165, 1.54) is 63.9 Å². The van der Waals surface area contributed by atoms with Gasteiger partial charge in [-0.1, -0.05) is 51.0 Å². The maximum Gasteiger partial charge on any atom is 0.330 e. The SMILES string of the molecule is CC=CC(=O)OC1CCCCCCCCCCC1. The Bertz CT molecular complexity index is 233. The van der Waals surface area contributed by atoms with Gasteiger partial charge in [0.05, 0.1) is 0 Å². The van der Waals surface area contributed by atoms with Crippen LogP contribution in [-0.4, -0.2) is 12.1 Å². The maximum absolute atomic E-state index is 11.5. The molecule has 104 valence electrons. The largest absolute Gasteiger partial charge is 0.459 e. The molecule has 0 N–H and O–H groups in total. The summed E-state index contributed by atoms with van der Waals surface area (Å²) in [7, 11) is 0. The number of ether oxygens (including phenoxy) is 1. The molecule has 0 amide bonds. The normalized spacial score (nSPS) is 21.2. The summed E-state index contributed by atoms with van der Waals surface area (Å²) in [6.07, 6.45) is 17.3. The molecule has 2 nitrogen and oxygen atoms in total. The van der Waals surface area contributed by atoms with Gasteiger partial charge < -0.3 is 4.74 Å². The third-order valence-corrected chi connectivity index (χ3v) is 3.64. The second-order valence-corrected chi connectivity index (χ2v) is 5.32. The van der Waals surface area contributed by atoms with Crippen LogP contribution in [-0.2, 0) is 9.53 Å². The Balaban J connectivity index is 2.33. The summed E-state index contributed by atoms with van der Waals surface area (Å²) in [5.41, 5.74) is 0. The number of rotatable bonds is 2. The highest BCUT2D eigenvalue weighted by Gasteiger charge is 2.12. The molecule has 0 heterocycles. The van der Waals surface area contributed by atoms with Gasteiger partial charge in [-0.05, 0) is 32.6 Å². The molecule has 0 aromatic heterocycles. The van der Waals surface area contributed by atoms with Crippen molar-refractivity contribution in [2.75, 3.05) is 0 Å². The number of carbonyl (C=O) groups excluding carboxylic acids is 1. The fraction of sp³-hybridized carbons (Fsp3) is 0.812. The molecule has 1 saturated carbocycles. The number of hydrogen-bond donors (Lipinski definition) is 0. The second kappa shape index (κ2) is 10.2. The van der Waals surface area contributed by atoms with E-state index in [1.54, 1.807) is 6.08 Å². The lowest BCUT2D eigenvalue weighted by Crippen LogP contribution is -2.17. The molecule has 0 spiro atoms. The van der Waals surface area contributed by atoms with Gasteiger partial charge >= 0.3 is 5.97 Å². The van der Waals surface area contributed by atoms with E-state index in [0.717, 1.165) is 12.8 Å². The van der Waals surface area contributed by atoms with Crippen LogP contribution in [0.1, 0.15) is 77.6 Å². The summed E-state index contributed by atoms with van der Waals surface area (Å²) in [5, 5.41) is 0. The van der Waals surface area contributed by atoms with Gasteiger partial charge in [0.15, 0.2) is 0 Å². The van der Waals surface area contributed by atoms with E-state index >= 15 is 0 Å². The molecule has 0 aliphatic heterocycles. The van der Waals surface area contributed by atoms with Gasteiger partial charge in [0, 0.05) is 6.08 Å². The van der Waals surface area contributed by atoms with E-state index in [1.807, 2.05) is 6.92 Å². The zero-order valence-electron chi connectivity index (χ0n) is 11.8. The van der Waals surface area contributed by atoms with Crippen LogP contribution in [0.2, 0.25) is 0 Å². The minimum Gasteiger partial charge on any atom is -0.459 e. The number of carbonyl (C=O) groups is 1. The highest BCUT2D eigenvalue weighted by atomic mass is 16.5. The van der Waals surface area contributed by atoms with Crippen LogP contribution >= 0.6 is 0 Å². The van der Waals surface area contributed by atoms with Crippen molar-refractivity contribution in [1.82, 2.24) is 0 Å². The number of hydrogen-bond acceptors (Lipinski definition) is 2. The molecule has 0 aromatic carbocycles. The molecule has 2 heteroatoms. The van der Waals surface area contributed by atoms with Crippen LogP contribution in [0, 0.1) is 0 Å². The van der Waals surface area contributed by atoms with Gasteiger partial charge in [-0.3, -0.25) is 0 Å². The topological polar surface area (TPSA) is 26.3 Å². The lowest BCUT2D eigenvalue weighted by molar-refractivity contribution is -0.143. The molecular weight excluding hydrogens is 224 g/mol. The predicted molar refractivity (Wildman–Crippen MR) is 75.5 cm³/mol. The van der Waals surface area contributed by atoms with Crippen LogP contribution in [0.25, 0.3) is 0 Å². The molecule has 0 aromatic rings. The number of esters is 1. The monoisotopic (exact) mass is 252 g/mol. The van der Waals surface area contributed by atoms with Crippen LogP contribution in [0.4, 0.5) is 0 Å². The van der Waals surface area contributed by atoms with E-state index in [0.29, 0.717) is 0 Å². The molecule has 1 rings (SSSR count).